The lowest BCUT2D eigenvalue weighted by atomic mass is 10.2. The van der Waals surface area contributed by atoms with Gasteiger partial charge in [0.05, 0.1) is 36.0 Å². The van der Waals surface area contributed by atoms with Gasteiger partial charge in [-0.15, -0.1) is 0 Å². The second-order valence-electron chi connectivity index (χ2n) is 7.30. The third-order valence-electron chi connectivity index (χ3n) is 4.91. The molecule has 0 saturated carbocycles. The molecule has 0 N–H and O–H groups in total. The number of ether oxygens (including phenoxy) is 2. The standard InChI is InChI=1S/C25H24N2O7S/c1-2-32-21-11-9-20(10-12-21)27(15-6-14-26)23(28)17-34-25(29)24-19(13-16-33-24)18-35(30,31)22-7-4-3-5-8-22/h3-5,7-13,16H,2,6,15,17-18H2,1H3. The fourth-order valence-corrected chi connectivity index (χ4v) is 4.64. The highest BCUT2D eigenvalue weighted by atomic mass is 32.2. The van der Waals surface area contributed by atoms with E-state index in [4.69, 9.17) is 19.2 Å². The number of amides is 1. The van der Waals surface area contributed by atoms with E-state index in [0.29, 0.717) is 18.0 Å². The Morgan fingerprint density at radius 1 is 1.06 bits per heavy atom. The van der Waals surface area contributed by atoms with Crippen LogP contribution in [0.3, 0.4) is 0 Å². The molecule has 0 aliphatic carbocycles. The lowest BCUT2D eigenvalue weighted by Crippen LogP contribution is -2.35. The third-order valence-corrected chi connectivity index (χ3v) is 6.60. The first-order chi connectivity index (χ1) is 16.9. The number of hydrogen-bond acceptors (Lipinski definition) is 8. The summed E-state index contributed by atoms with van der Waals surface area (Å²) in [7, 11) is -3.72. The van der Waals surface area contributed by atoms with Gasteiger partial charge in [-0.05, 0) is 49.4 Å². The smallest absolute Gasteiger partial charge is 0.375 e. The molecule has 0 bridgehead atoms. The van der Waals surface area contributed by atoms with Crippen molar-refractivity contribution in [2.24, 2.45) is 0 Å². The molecule has 35 heavy (non-hydrogen) atoms. The summed E-state index contributed by atoms with van der Waals surface area (Å²) < 4.78 is 41.0. The van der Waals surface area contributed by atoms with Gasteiger partial charge in [-0.1, -0.05) is 18.2 Å². The first-order valence-corrected chi connectivity index (χ1v) is 12.4. The number of benzene rings is 2. The molecular weight excluding hydrogens is 472 g/mol. The molecule has 0 fully saturated rings. The van der Waals surface area contributed by atoms with Gasteiger partial charge in [0.1, 0.15) is 5.75 Å². The summed E-state index contributed by atoms with van der Waals surface area (Å²) in [5.74, 6) is -1.64. The van der Waals surface area contributed by atoms with Gasteiger partial charge in [-0.25, -0.2) is 13.2 Å². The average molecular weight is 497 g/mol. The molecular formula is C25H24N2O7S. The van der Waals surface area contributed by atoms with Crippen molar-refractivity contribution in [3.8, 4) is 11.8 Å². The number of hydrogen-bond donors (Lipinski definition) is 0. The Kier molecular flexibility index (Phi) is 8.64. The van der Waals surface area contributed by atoms with Crippen LogP contribution < -0.4 is 9.64 Å². The molecule has 0 radical (unpaired) electrons. The highest BCUT2D eigenvalue weighted by Gasteiger charge is 2.25. The highest BCUT2D eigenvalue weighted by Crippen LogP contribution is 2.22. The summed E-state index contributed by atoms with van der Waals surface area (Å²) in [4.78, 5) is 26.8. The van der Waals surface area contributed by atoms with Crippen LogP contribution in [0, 0.1) is 11.3 Å². The Morgan fingerprint density at radius 3 is 2.43 bits per heavy atom. The number of sulfone groups is 1. The molecule has 3 aromatic rings. The molecule has 0 atom stereocenters. The van der Waals surface area contributed by atoms with E-state index in [1.165, 1.54) is 29.4 Å². The molecule has 0 spiro atoms. The minimum Gasteiger partial charge on any atom is -0.494 e. The summed E-state index contributed by atoms with van der Waals surface area (Å²) in [6, 6.07) is 17.9. The molecule has 182 valence electrons. The molecule has 0 saturated heterocycles. The van der Waals surface area contributed by atoms with Crippen LogP contribution in [0.25, 0.3) is 0 Å². The normalized spacial score (nSPS) is 10.9. The number of carbonyl (C=O) groups excluding carboxylic acids is 2. The summed E-state index contributed by atoms with van der Waals surface area (Å²) >= 11 is 0. The zero-order valence-corrected chi connectivity index (χ0v) is 19.9. The zero-order chi connectivity index (χ0) is 25.3. The zero-order valence-electron chi connectivity index (χ0n) is 19.0. The van der Waals surface area contributed by atoms with Gasteiger partial charge < -0.3 is 18.8 Å². The maximum atomic E-state index is 12.8. The second kappa shape index (κ2) is 11.9. The third kappa shape index (κ3) is 6.71. The lowest BCUT2D eigenvalue weighted by Gasteiger charge is -2.22. The van der Waals surface area contributed by atoms with E-state index in [1.807, 2.05) is 13.0 Å². The van der Waals surface area contributed by atoms with Crippen LogP contribution in [0.4, 0.5) is 5.69 Å². The van der Waals surface area contributed by atoms with E-state index in [0.717, 1.165) is 0 Å². The predicted molar refractivity (Wildman–Crippen MR) is 127 cm³/mol. The topological polar surface area (TPSA) is 127 Å². The number of rotatable bonds is 11. The number of carbonyl (C=O) groups is 2. The maximum Gasteiger partial charge on any atom is 0.375 e. The summed E-state index contributed by atoms with van der Waals surface area (Å²) in [5.41, 5.74) is 0.636. The monoisotopic (exact) mass is 496 g/mol. The average Bonchev–Trinajstić information content (AvgIpc) is 3.32. The van der Waals surface area contributed by atoms with Crippen LogP contribution in [0.5, 0.6) is 5.75 Å². The Hall–Kier alpha value is -4.10. The van der Waals surface area contributed by atoms with Crippen molar-refractivity contribution in [3.05, 3.63) is 78.3 Å². The highest BCUT2D eigenvalue weighted by molar-refractivity contribution is 7.90. The molecule has 9 nitrogen and oxygen atoms in total. The first kappa shape index (κ1) is 25.5. The van der Waals surface area contributed by atoms with E-state index in [9.17, 15) is 18.0 Å². The quantitative estimate of drug-likeness (QED) is 0.367. The van der Waals surface area contributed by atoms with E-state index in [-0.39, 0.29) is 29.2 Å². The van der Waals surface area contributed by atoms with E-state index in [2.05, 4.69) is 0 Å². The van der Waals surface area contributed by atoms with Gasteiger partial charge in [-0.2, -0.15) is 5.26 Å². The van der Waals surface area contributed by atoms with E-state index < -0.39 is 34.1 Å². The summed E-state index contributed by atoms with van der Waals surface area (Å²) in [5, 5.41) is 8.95. The van der Waals surface area contributed by atoms with Gasteiger partial charge >= 0.3 is 5.97 Å². The fourth-order valence-electron chi connectivity index (χ4n) is 3.26. The van der Waals surface area contributed by atoms with Gasteiger partial charge in [-0.3, -0.25) is 4.79 Å². The van der Waals surface area contributed by atoms with Crippen molar-refractivity contribution in [1.82, 2.24) is 0 Å². The van der Waals surface area contributed by atoms with E-state index >= 15 is 0 Å². The van der Waals surface area contributed by atoms with Crippen molar-refractivity contribution in [1.29, 1.82) is 5.26 Å². The molecule has 2 aromatic carbocycles. The molecule has 0 unspecified atom stereocenters. The van der Waals surface area contributed by atoms with E-state index in [1.54, 1.807) is 42.5 Å². The minimum atomic E-state index is -3.72. The predicted octanol–water partition coefficient (Wildman–Crippen LogP) is 3.76. The van der Waals surface area contributed by atoms with Crippen molar-refractivity contribution in [2.75, 3.05) is 24.7 Å². The Balaban J connectivity index is 1.68. The number of nitrogens with zero attached hydrogens (tertiary/aromatic N) is 2. The molecule has 0 aliphatic rings. The minimum absolute atomic E-state index is 0.0760. The van der Waals surface area contributed by atoms with Crippen LogP contribution in [-0.4, -0.2) is 40.1 Å². The van der Waals surface area contributed by atoms with Crippen LogP contribution >= 0.6 is 0 Å². The van der Waals surface area contributed by atoms with Crippen molar-refractivity contribution in [3.63, 3.8) is 0 Å². The Morgan fingerprint density at radius 2 is 1.77 bits per heavy atom. The number of furan rings is 1. The van der Waals surface area contributed by atoms with Crippen molar-refractivity contribution in [2.45, 2.75) is 24.0 Å². The van der Waals surface area contributed by atoms with Gasteiger partial charge in [0.2, 0.25) is 5.76 Å². The fraction of sp³-hybridized carbons (Fsp3) is 0.240. The van der Waals surface area contributed by atoms with Gasteiger partial charge in [0, 0.05) is 17.8 Å². The van der Waals surface area contributed by atoms with Gasteiger partial charge in [0.25, 0.3) is 5.91 Å². The van der Waals surface area contributed by atoms with Crippen molar-refractivity contribution < 1.29 is 31.9 Å². The molecule has 0 aliphatic heterocycles. The number of esters is 1. The molecule has 1 amide bonds. The molecule has 3 rings (SSSR count). The number of anilines is 1. The van der Waals surface area contributed by atoms with Crippen LogP contribution in [-0.2, 0) is 25.1 Å². The van der Waals surface area contributed by atoms with Crippen LogP contribution in [0.2, 0.25) is 0 Å². The van der Waals surface area contributed by atoms with Crippen LogP contribution in [0.1, 0.15) is 29.5 Å². The maximum absolute atomic E-state index is 12.8. The Bertz CT molecular complexity index is 1290. The summed E-state index contributed by atoms with van der Waals surface area (Å²) in [6.07, 6.45) is 1.26. The lowest BCUT2D eigenvalue weighted by molar-refractivity contribution is -0.121. The molecule has 1 aromatic heterocycles. The first-order valence-electron chi connectivity index (χ1n) is 10.8. The summed E-state index contributed by atoms with van der Waals surface area (Å²) in [6.45, 7) is 1.82. The number of nitriles is 1. The Labute approximate surface area is 203 Å². The van der Waals surface area contributed by atoms with Crippen LogP contribution in [0.15, 0.2) is 76.2 Å². The van der Waals surface area contributed by atoms with Gasteiger partial charge in [0.15, 0.2) is 16.4 Å². The largest absolute Gasteiger partial charge is 0.494 e. The van der Waals surface area contributed by atoms with Crippen molar-refractivity contribution >= 4 is 27.4 Å². The molecule has 10 heteroatoms. The second-order valence-corrected chi connectivity index (χ2v) is 9.29. The molecule has 1 heterocycles. The SMILES string of the molecule is CCOc1ccc(N(CCC#N)C(=O)COC(=O)c2occc2CS(=O)(=O)c2ccccc2)cc1.